The molecule has 0 aromatic heterocycles. The molecule has 4 heteroatoms. The summed E-state index contributed by atoms with van der Waals surface area (Å²) in [5, 5.41) is 0. The van der Waals surface area contributed by atoms with E-state index in [0.717, 1.165) is 56.1 Å². The first-order valence-electron chi connectivity index (χ1n) is 12.9. The van der Waals surface area contributed by atoms with E-state index in [0.29, 0.717) is 41.4 Å². The zero-order valence-corrected chi connectivity index (χ0v) is 20.8. The van der Waals surface area contributed by atoms with Gasteiger partial charge < -0.3 is 4.74 Å². The molecular formula is C31H35F3O. The molecule has 3 aromatic rings. The topological polar surface area (TPSA) is 9.23 Å². The van der Waals surface area contributed by atoms with Crippen molar-refractivity contribution in [1.29, 1.82) is 0 Å². The molecule has 4 rings (SSSR count). The fourth-order valence-corrected chi connectivity index (χ4v) is 5.12. The van der Waals surface area contributed by atoms with Gasteiger partial charge in [0.2, 0.25) is 0 Å². The van der Waals surface area contributed by atoms with E-state index in [1.165, 1.54) is 6.07 Å². The molecule has 1 nitrogen and oxygen atoms in total. The van der Waals surface area contributed by atoms with Crippen molar-refractivity contribution >= 4 is 0 Å². The van der Waals surface area contributed by atoms with Crippen LogP contribution >= 0.6 is 0 Å². The number of unbranched alkanes of at least 4 members (excludes halogenated alkanes) is 1. The van der Waals surface area contributed by atoms with Crippen molar-refractivity contribution in [1.82, 2.24) is 0 Å². The zero-order valence-electron chi connectivity index (χ0n) is 20.8. The number of hydrogen-bond donors (Lipinski definition) is 0. The minimum Gasteiger partial charge on any atom is -0.493 e. The average molecular weight is 481 g/mol. The molecular weight excluding hydrogens is 445 g/mol. The van der Waals surface area contributed by atoms with Crippen LogP contribution in [0.4, 0.5) is 13.2 Å². The van der Waals surface area contributed by atoms with Crippen molar-refractivity contribution in [2.75, 3.05) is 6.61 Å². The van der Waals surface area contributed by atoms with Gasteiger partial charge in [0.25, 0.3) is 0 Å². The first-order valence-corrected chi connectivity index (χ1v) is 12.9. The number of ether oxygens (including phenoxy) is 1. The molecule has 0 saturated heterocycles. The van der Waals surface area contributed by atoms with E-state index >= 15 is 0 Å². The highest BCUT2D eigenvalue weighted by molar-refractivity contribution is 5.65. The van der Waals surface area contributed by atoms with Crippen LogP contribution < -0.4 is 4.74 Å². The lowest BCUT2D eigenvalue weighted by molar-refractivity contribution is 0.300. The molecule has 186 valence electrons. The summed E-state index contributed by atoms with van der Waals surface area (Å²) in [7, 11) is 0. The number of benzene rings is 3. The van der Waals surface area contributed by atoms with E-state index in [4.69, 9.17) is 4.74 Å². The highest BCUT2D eigenvalue weighted by Crippen LogP contribution is 2.39. The SMILES string of the molecule is CCCCOc1ccc(C2CCC(CCc3ccc(-c4ccc(C)cc4)c(F)c3F)CC2)c(F)c1. The Hall–Kier alpha value is -2.75. The molecule has 0 amide bonds. The fourth-order valence-electron chi connectivity index (χ4n) is 5.12. The highest BCUT2D eigenvalue weighted by Gasteiger charge is 2.25. The van der Waals surface area contributed by atoms with E-state index < -0.39 is 11.6 Å². The van der Waals surface area contributed by atoms with Gasteiger partial charge in [0.05, 0.1) is 6.61 Å². The van der Waals surface area contributed by atoms with Gasteiger partial charge in [-0.25, -0.2) is 13.2 Å². The minimum absolute atomic E-state index is 0.186. The van der Waals surface area contributed by atoms with Gasteiger partial charge in [0, 0.05) is 11.6 Å². The maximum Gasteiger partial charge on any atom is 0.166 e. The minimum atomic E-state index is -0.771. The largest absolute Gasteiger partial charge is 0.493 e. The van der Waals surface area contributed by atoms with Crippen molar-refractivity contribution in [3.05, 3.63) is 88.7 Å². The second kappa shape index (κ2) is 11.8. The quantitative estimate of drug-likeness (QED) is 0.277. The maximum absolute atomic E-state index is 14.8. The molecule has 0 radical (unpaired) electrons. The Morgan fingerprint density at radius 1 is 0.857 bits per heavy atom. The predicted molar refractivity (Wildman–Crippen MR) is 136 cm³/mol. The van der Waals surface area contributed by atoms with Crippen molar-refractivity contribution in [2.24, 2.45) is 5.92 Å². The molecule has 3 aromatic carbocycles. The van der Waals surface area contributed by atoms with Gasteiger partial charge in [0.1, 0.15) is 11.6 Å². The van der Waals surface area contributed by atoms with Crippen LogP contribution in [-0.2, 0) is 6.42 Å². The van der Waals surface area contributed by atoms with E-state index in [-0.39, 0.29) is 11.7 Å². The fraction of sp³-hybridized carbons (Fsp3) is 0.419. The number of rotatable bonds is 9. The summed E-state index contributed by atoms with van der Waals surface area (Å²) in [4.78, 5) is 0. The molecule has 0 unspecified atom stereocenters. The molecule has 1 aliphatic carbocycles. The zero-order chi connectivity index (χ0) is 24.8. The van der Waals surface area contributed by atoms with Gasteiger partial charge in [-0.2, -0.15) is 0 Å². The third-order valence-corrected chi connectivity index (χ3v) is 7.37. The average Bonchev–Trinajstić information content (AvgIpc) is 2.86. The monoisotopic (exact) mass is 480 g/mol. The lowest BCUT2D eigenvalue weighted by atomic mass is 9.76. The van der Waals surface area contributed by atoms with Gasteiger partial charge in [-0.15, -0.1) is 0 Å². The molecule has 0 heterocycles. The second-order valence-corrected chi connectivity index (χ2v) is 9.91. The van der Waals surface area contributed by atoms with Gasteiger partial charge in [0.15, 0.2) is 11.6 Å². The molecule has 0 spiro atoms. The summed E-state index contributed by atoms with van der Waals surface area (Å²) in [5.74, 6) is -0.443. The normalized spacial score (nSPS) is 18.0. The number of hydrogen-bond acceptors (Lipinski definition) is 1. The van der Waals surface area contributed by atoms with Crippen LogP contribution in [0, 0.1) is 30.3 Å². The van der Waals surface area contributed by atoms with Crippen LogP contribution in [0.15, 0.2) is 54.6 Å². The van der Waals surface area contributed by atoms with Crippen molar-refractivity contribution in [3.8, 4) is 16.9 Å². The maximum atomic E-state index is 14.8. The van der Waals surface area contributed by atoms with Crippen LogP contribution in [0.2, 0.25) is 0 Å². The van der Waals surface area contributed by atoms with Gasteiger partial charge >= 0.3 is 0 Å². The summed E-state index contributed by atoms with van der Waals surface area (Å²) in [6.07, 6.45) is 7.13. The molecule has 0 atom stereocenters. The Morgan fingerprint density at radius 2 is 1.60 bits per heavy atom. The molecule has 0 bridgehead atoms. The molecule has 1 fully saturated rings. The smallest absolute Gasteiger partial charge is 0.166 e. The Bertz CT molecular complexity index is 1110. The van der Waals surface area contributed by atoms with Crippen molar-refractivity contribution < 1.29 is 17.9 Å². The van der Waals surface area contributed by atoms with Crippen LogP contribution in [0.3, 0.4) is 0 Å². The summed E-state index contributed by atoms with van der Waals surface area (Å²) in [6.45, 7) is 4.67. The number of halogens is 3. The van der Waals surface area contributed by atoms with Crippen molar-refractivity contribution in [2.45, 2.75) is 71.1 Å². The second-order valence-electron chi connectivity index (χ2n) is 9.91. The summed E-state index contributed by atoms with van der Waals surface area (Å²) in [6, 6.07) is 16.1. The van der Waals surface area contributed by atoms with Gasteiger partial charge in [-0.05, 0) is 86.5 Å². The number of aryl methyl sites for hydroxylation is 2. The molecule has 35 heavy (non-hydrogen) atoms. The third kappa shape index (κ3) is 6.28. The highest BCUT2D eigenvalue weighted by atomic mass is 19.2. The summed E-state index contributed by atoms with van der Waals surface area (Å²) in [5.41, 5.74) is 3.27. The third-order valence-electron chi connectivity index (χ3n) is 7.37. The Morgan fingerprint density at radius 3 is 2.29 bits per heavy atom. The molecule has 1 aliphatic rings. The van der Waals surface area contributed by atoms with Gasteiger partial charge in [-0.1, -0.05) is 61.4 Å². The predicted octanol–water partition coefficient (Wildman–Crippen LogP) is 9.16. The summed E-state index contributed by atoms with van der Waals surface area (Å²) < 4.78 is 49.9. The van der Waals surface area contributed by atoms with Crippen LogP contribution in [0.1, 0.15) is 74.5 Å². The van der Waals surface area contributed by atoms with E-state index in [2.05, 4.69) is 6.92 Å². The van der Waals surface area contributed by atoms with Crippen molar-refractivity contribution in [3.63, 3.8) is 0 Å². The lowest BCUT2D eigenvalue weighted by Gasteiger charge is -2.29. The van der Waals surface area contributed by atoms with Gasteiger partial charge in [-0.3, -0.25) is 0 Å². The van der Waals surface area contributed by atoms with Crippen LogP contribution in [-0.4, -0.2) is 6.61 Å². The van der Waals surface area contributed by atoms with Crippen LogP contribution in [0.5, 0.6) is 5.75 Å². The molecule has 1 saturated carbocycles. The van der Waals surface area contributed by atoms with Crippen LogP contribution in [0.25, 0.3) is 11.1 Å². The molecule has 0 aliphatic heterocycles. The van der Waals surface area contributed by atoms with E-state index in [1.807, 2.05) is 43.3 Å². The summed E-state index contributed by atoms with van der Waals surface area (Å²) >= 11 is 0. The molecule has 0 N–H and O–H groups in total. The Labute approximate surface area is 207 Å². The Balaban J connectivity index is 1.31. The Kier molecular flexibility index (Phi) is 8.54. The first kappa shape index (κ1) is 25.3. The lowest BCUT2D eigenvalue weighted by Crippen LogP contribution is -2.15. The van der Waals surface area contributed by atoms with E-state index in [1.54, 1.807) is 12.1 Å². The van der Waals surface area contributed by atoms with E-state index in [9.17, 15) is 13.2 Å². The standard InChI is InChI=1S/C31H35F3O/c1-3-4-19-35-26-16-18-27(29(32)20-26)23-12-7-22(8-13-23)9-14-25-15-17-28(31(34)30(25)33)24-10-5-21(2)6-11-24/h5-6,10-11,15-18,20,22-23H,3-4,7-9,12-14,19H2,1-2H3. The first-order chi connectivity index (χ1) is 17.0.